The number of hydrogen-bond acceptors (Lipinski definition) is 5. The van der Waals surface area contributed by atoms with Crippen LogP contribution in [0.15, 0.2) is 0 Å². The molecule has 3 rings (SSSR count). The van der Waals surface area contributed by atoms with Crippen molar-refractivity contribution in [3.63, 3.8) is 0 Å². The fourth-order valence-corrected chi connectivity index (χ4v) is 6.55. The van der Waals surface area contributed by atoms with Gasteiger partial charge in [0.15, 0.2) is 9.84 Å². The summed E-state index contributed by atoms with van der Waals surface area (Å²) in [5.74, 6) is 0.542. The van der Waals surface area contributed by atoms with E-state index in [0.29, 0.717) is 5.75 Å². The van der Waals surface area contributed by atoms with Crippen molar-refractivity contribution >= 4 is 21.2 Å². The summed E-state index contributed by atoms with van der Waals surface area (Å²) in [4.78, 5) is 6.17. The van der Waals surface area contributed by atoms with E-state index in [2.05, 4.69) is 12.2 Å². The van der Waals surface area contributed by atoms with E-state index in [1.807, 2.05) is 0 Å². The van der Waals surface area contributed by atoms with Crippen molar-refractivity contribution < 1.29 is 8.42 Å². The molecule has 1 saturated heterocycles. The van der Waals surface area contributed by atoms with E-state index in [9.17, 15) is 8.42 Å². The molecule has 0 bridgehead atoms. The summed E-state index contributed by atoms with van der Waals surface area (Å²) in [5, 5.41) is 4.53. The smallest absolute Gasteiger partial charge is 0.152 e. The van der Waals surface area contributed by atoms with Crippen molar-refractivity contribution in [3.8, 4) is 0 Å². The van der Waals surface area contributed by atoms with Crippen LogP contribution in [-0.4, -0.2) is 31.5 Å². The van der Waals surface area contributed by atoms with Crippen LogP contribution in [0.3, 0.4) is 0 Å². The molecule has 112 valence electrons. The first kappa shape index (κ1) is 14.5. The van der Waals surface area contributed by atoms with Gasteiger partial charge in [-0.05, 0) is 45.1 Å². The second-order valence-corrected chi connectivity index (χ2v) is 9.21. The Hall–Kier alpha value is -0.460. The molecular weight excluding hydrogens is 292 g/mol. The summed E-state index contributed by atoms with van der Waals surface area (Å²) in [6.45, 7) is 2.96. The lowest BCUT2D eigenvalue weighted by Gasteiger charge is -2.36. The lowest BCUT2D eigenvalue weighted by atomic mass is 9.96. The monoisotopic (exact) mass is 314 g/mol. The highest BCUT2D eigenvalue weighted by Gasteiger charge is 2.43. The van der Waals surface area contributed by atoms with Gasteiger partial charge in [-0.2, -0.15) is 0 Å². The predicted octanol–water partition coefficient (Wildman–Crippen LogP) is 2.04. The van der Waals surface area contributed by atoms with E-state index < -0.39 is 15.4 Å². The highest BCUT2D eigenvalue weighted by molar-refractivity contribution is 7.91. The Morgan fingerprint density at radius 3 is 2.90 bits per heavy atom. The maximum absolute atomic E-state index is 12.1. The van der Waals surface area contributed by atoms with E-state index in [-0.39, 0.29) is 5.75 Å². The fourth-order valence-electron chi connectivity index (χ4n) is 3.26. The number of nitrogens with one attached hydrogen (secondary N) is 1. The van der Waals surface area contributed by atoms with Crippen LogP contribution in [0.5, 0.6) is 0 Å². The molecule has 0 saturated carbocycles. The number of thiazole rings is 1. The number of rotatable bonds is 4. The molecule has 1 aromatic rings. The standard InChI is InChI=1S/C14H22N2O2S2/c1-2-8-15-14(7-4-9-20(17,18)10-14)13-16-11-5-3-6-12(11)19-13/h15H,2-10H2,1H3. The summed E-state index contributed by atoms with van der Waals surface area (Å²) in [5.41, 5.74) is 0.785. The summed E-state index contributed by atoms with van der Waals surface area (Å²) in [7, 11) is -2.96. The minimum Gasteiger partial charge on any atom is -0.305 e. The van der Waals surface area contributed by atoms with E-state index in [4.69, 9.17) is 4.98 Å². The Bertz CT molecular complexity index is 573. The largest absolute Gasteiger partial charge is 0.305 e. The highest BCUT2D eigenvalue weighted by atomic mass is 32.2. The van der Waals surface area contributed by atoms with Gasteiger partial charge in [-0.25, -0.2) is 13.4 Å². The molecule has 1 fully saturated rings. The third kappa shape index (κ3) is 2.65. The second kappa shape index (κ2) is 5.39. The number of aromatic nitrogens is 1. The van der Waals surface area contributed by atoms with Crippen molar-refractivity contribution in [1.82, 2.24) is 10.3 Å². The van der Waals surface area contributed by atoms with Crippen molar-refractivity contribution in [3.05, 3.63) is 15.6 Å². The van der Waals surface area contributed by atoms with E-state index in [1.54, 1.807) is 11.3 Å². The normalized spacial score (nSPS) is 28.4. The van der Waals surface area contributed by atoms with E-state index in [1.165, 1.54) is 17.0 Å². The number of fused-ring (bicyclic) bond motifs is 1. The zero-order valence-corrected chi connectivity index (χ0v) is 13.6. The Balaban J connectivity index is 1.96. The first-order valence-corrected chi connectivity index (χ1v) is 10.1. The van der Waals surface area contributed by atoms with Crippen LogP contribution in [0.25, 0.3) is 0 Å². The van der Waals surface area contributed by atoms with Gasteiger partial charge in [0.05, 0.1) is 22.7 Å². The molecule has 20 heavy (non-hydrogen) atoms. The molecular formula is C14H22N2O2S2. The van der Waals surface area contributed by atoms with Gasteiger partial charge >= 0.3 is 0 Å². The van der Waals surface area contributed by atoms with Crippen molar-refractivity contribution in [1.29, 1.82) is 0 Å². The molecule has 1 atom stereocenters. The number of sulfone groups is 1. The first-order chi connectivity index (χ1) is 9.55. The fraction of sp³-hybridized carbons (Fsp3) is 0.786. The molecule has 2 aliphatic rings. The van der Waals surface area contributed by atoms with Gasteiger partial charge in [0.25, 0.3) is 0 Å². The van der Waals surface area contributed by atoms with Crippen molar-refractivity contribution in [2.45, 2.75) is 51.0 Å². The van der Waals surface area contributed by atoms with Crippen LogP contribution >= 0.6 is 11.3 Å². The number of aryl methyl sites for hydroxylation is 2. The van der Waals surface area contributed by atoms with Crippen LogP contribution in [0.4, 0.5) is 0 Å². The van der Waals surface area contributed by atoms with Gasteiger partial charge in [0.2, 0.25) is 0 Å². The van der Waals surface area contributed by atoms with E-state index >= 15 is 0 Å². The summed E-state index contributed by atoms with van der Waals surface area (Å²) < 4.78 is 24.2. The maximum Gasteiger partial charge on any atom is 0.152 e. The SMILES string of the molecule is CCCNC1(c2nc3c(s2)CCC3)CCCS(=O)(=O)C1. The lowest BCUT2D eigenvalue weighted by molar-refractivity contribution is 0.326. The molecule has 4 nitrogen and oxygen atoms in total. The topological polar surface area (TPSA) is 59.1 Å². The minimum absolute atomic E-state index is 0.215. The molecule has 1 aromatic heterocycles. The molecule has 0 radical (unpaired) electrons. The third-order valence-electron chi connectivity index (χ3n) is 4.24. The summed E-state index contributed by atoms with van der Waals surface area (Å²) in [6, 6.07) is 0. The Morgan fingerprint density at radius 2 is 2.20 bits per heavy atom. The zero-order valence-electron chi connectivity index (χ0n) is 11.9. The molecule has 1 unspecified atom stereocenters. The molecule has 1 N–H and O–H groups in total. The average molecular weight is 314 g/mol. The molecule has 2 heterocycles. The average Bonchev–Trinajstić information content (AvgIpc) is 2.96. The molecule has 6 heteroatoms. The molecule has 1 aliphatic heterocycles. The van der Waals surface area contributed by atoms with Crippen LogP contribution < -0.4 is 5.32 Å². The van der Waals surface area contributed by atoms with Gasteiger partial charge in [-0.3, -0.25) is 0 Å². The predicted molar refractivity (Wildman–Crippen MR) is 82.0 cm³/mol. The van der Waals surface area contributed by atoms with Gasteiger partial charge in [-0.15, -0.1) is 11.3 Å². The molecule has 1 aliphatic carbocycles. The van der Waals surface area contributed by atoms with Gasteiger partial charge in [0, 0.05) is 4.88 Å². The highest BCUT2D eigenvalue weighted by Crippen LogP contribution is 2.38. The Morgan fingerprint density at radius 1 is 1.35 bits per heavy atom. The quantitative estimate of drug-likeness (QED) is 0.924. The third-order valence-corrected chi connectivity index (χ3v) is 7.45. The Kier molecular flexibility index (Phi) is 3.90. The summed E-state index contributed by atoms with van der Waals surface area (Å²) in [6.07, 6.45) is 6.00. The van der Waals surface area contributed by atoms with Crippen LogP contribution in [-0.2, 0) is 28.2 Å². The van der Waals surface area contributed by atoms with Gasteiger partial charge in [-0.1, -0.05) is 6.92 Å². The Labute approximate surface area is 124 Å². The number of hydrogen-bond donors (Lipinski definition) is 1. The van der Waals surface area contributed by atoms with Crippen LogP contribution in [0, 0.1) is 0 Å². The number of nitrogens with zero attached hydrogens (tertiary/aromatic N) is 1. The lowest BCUT2D eigenvalue weighted by Crippen LogP contribution is -2.51. The zero-order chi connectivity index (χ0) is 14.2. The van der Waals surface area contributed by atoms with Crippen molar-refractivity contribution in [2.75, 3.05) is 18.1 Å². The first-order valence-electron chi connectivity index (χ1n) is 7.49. The minimum atomic E-state index is -2.96. The van der Waals surface area contributed by atoms with Gasteiger partial charge in [0.1, 0.15) is 5.01 Å². The van der Waals surface area contributed by atoms with E-state index in [0.717, 1.165) is 43.7 Å². The van der Waals surface area contributed by atoms with Crippen molar-refractivity contribution in [2.24, 2.45) is 0 Å². The van der Waals surface area contributed by atoms with Gasteiger partial charge < -0.3 is 5.32 Å². The second-order valence-electron chi connectivity index (χ2n) is 5.95. The molecule has 0 amide bonds. The maximum atomic E-state index is 12.1. The molecule has 0 aromatic carbocycles. The molecule has 0 spiro atoms. The van der Waals surface area contributed by atoms with Crippen LogP contribution in [0.2, 0.25) is 0 Å². The van der Waals surface area contributed by atoms with Crippen LogP contribution in [0.1, 0.15) is 48.2 Å². The summed E-state index contributed by atoms with van der Waals surface area (Å²) >= 11 is 1.74.